The molecular formula is C27H43NO. The number of rotatable bonds is 16. The third kappa shape index (κ3) is 13.1. The summed E-state index contributed by atoms with van der Waals surface area (Å²) in [5.41, 5.74) is 0.837. The Bertz CT molecular complexity index is 586. The van der Waals surface area contributed by atoms with E-state index < -0.39 is 0 Å². The minimum absolute atomic E-state index is 0.157. The predicted molar refractivity (Wildman–Crippen MR) is 127 cm³/mol. The van der Waals surface area contributed by atoms with E-state index in [9.17, 15) is 4.79 Å². The monoisotopic (exact) mass is 397 g/mol. The summed E-state index contributed by atoms with van der Waals surface area (Å²) in [6.07, 6.45) is 23.1. The van der Waals surface area contributed by atoms with Gasteiger partial charge in [0, 0.05) is 6.42 Å². The van der Waals surface area contributed by atoms with Crippen LogP contribution >= 0.6 is 0 Å². The molecule has 1 aromatic rings. The van der Waals surface area contributed by atoms with E-state index >= 15 is 0 Å². The predicted octanol–water partition coefficient (Wildman–Crippen LogP) is 7.85. The number of hydrogen-bond donors (Lipinski definition) is 1. The Morgan fingerprint density at radius 3 is 2.07 bits per heavy atom. The van der Waals surface area contributed by atoms with E-state index in [-0.39, 0.29) is 11.4 Å². The van der Waals surface area contributed by atoms with Crippen LogP contribution in [0.3, 0.4) is 0 Å². The molecule has 0 aliphatic heterocycles. The van der Waals surface area contributed by atoms with Gasteiger partial charge in [-0.15, -0.1) is 0 Å². The van der Waals surface area contributed by atoms with E-state index in [1.807, 2.05) is 18.2 Å². The number of amides is 1. The first-order chi connectivity index (χ1) is 14.1. The average molecular weight is 398 g/mol. The molecule has 162 valence electrons. The zero-order chi connectivity index (χ0) is 21.2. The minimum Gasteiger partial charge on any atom is -0.347 e. The van der Waals surface area contributed by atoms with Crippen molar-refractivity contribution >= 4 is 5.91 Å². The fraction of sp³-hybridized carbons (Fsp3) is 0.593. The Labute approximate surface area is 179 Å². The smallest absolute Gasteiger partial charge is 0.220 e. The molecule has 0 saturated heterocycles. The van der Waals surface area contributed by atoms with Crippen LogP contribution in [0.4, 0.5) is 0 Å². The van der Waals surface area contributed by atoms with Crippen LogP contribution in [0.15, 0.2) is 54.6 Å². The van der Waals surface area contributed by atoms with Gasteiger partial charge in [0.05, 0.1) is 5.54 Å². The van der Waals surface area contributed by atoms with E-state index in [1.54, 1.807) is 0 Å². The van der Waals surface area contributed by atoms with Crippen LogP contribution in [0, 0.1) is 0 Å². The molecule has 2 nitrogen and oxygen atoms in total. The first kappa shape index (κ1) is 25.2. The number of unbranched alkanes of at least 4 members (excludes halogenated alkanes) is 8. The van der Waals surface area contributed by atoms with Gasteiger partial charge >= 0.3 is 0 Å². The zero-order valence-corrected chi connectivity index (χ0v) is 19.1. The second-order valence-electron chi connectivity index (χ2n) is 8.52. The van der Waals surface area contributed by atoms with Crippen molar-refractivity contribution in [3.05, 3.63) is 60.2 Å². The maximum absolute atomic E-state index is 12.2. The highest BCUT2D eigenvalue weighted by Crippen LogP contribution is 2.19. The Balaban J connectivity index is 1.99. The molecule has 0 aliphatic rings. The summed E-state index contributed by atoms with van der Waals surface area (Å²) in [6, 6.07) is 10.2. The molecule has 1 amide bonds. The first-order valence-corrected chi connectivity index (χ1v) is 11.7. The van der Waals surface area contributed by atoms with Crippen molar-refractivity contribution in [3.8, 4) is 0 Å². The molecule has 0 fully saturated rings. The summed E-state index contributed by atoms with van der Waals surface area (Å²) in [7, 11) is 0. The molecule has 1 rings (SSSR count). The SMILES string of the molecule is CCCCC/C=C\C/C=C\CCCCCCCC(=O)NC(C)(C)c1ccccc1. The van der Waals surface area contributed by atoms with E-state index in [4.69, 9.17) is 0 Å². The van der Waals surface area contributed by atoms with E-state index in [0.29, 0.717) is 6.42 Å². The first-order valence-electron chi connectivity index (χ1n) is 11.7. The molecule has 0 unspecified atom stereocenters. The molecule has 0 radical (unpaired) electrons. The molecule has 0 heterocycles. The molecule has 2 heteroatoms. The van der Waals surface area contributed by atoms with Crippen LogP contribution in [0.5, 0.6) is 0 Å². The lowest BCUT2D eigenvalue weighted by Gasteiger charge is -2.27. The molecular weight excluding hydrogens is 354 g/mol. The van der Waals surface area contributed by atoms with Crippen LogP contribution in [-0.4, -0.2) is 5.91 Å². The van der Waals surface area contributed by atoms with Gasteiger partial charge in [-0.25, -0.2) is 0 Å². The van der Waals surface area contributed by atoms with Gasteiger partial charge in [-0.3, -0.25) is 4.79 Å². The molecule has 0 aromatic heterocycles. The number of nitrogens with one attached hydrogen (secondary N) is 1. The second kappa shape index (κ2) is 16.0. The topological polar surface area (TPSA) is 29.1 Å². The summed E-state index contributed by atoms with van der Waals surface area (Å²) in [5, 5.41) is 3.17. The van der Waals surface area contributed by atoms with Crippen LogP contribution in [0.2, 0.25) is 0 Å². The Hall–Kier alpha value is -1.83. The van der Waals surface area contributed by atoms with Crippen LogP contribution in [0.25, 0.3) is 0 Å². The fourth-order valence-corrected chi connectivity index (χ4v) is 3.44. The number of hydrogen-bond acceptors (Lipinski definition) is 1. The van der Waals surface area contributed by atoms with Gasteiger partial charge in [-0.2, -0.15) is 0 Å². The van der Waals surface area contributed by atoms with Crippen molar-refractivity contribution in [2.24, 2.45) is 0 Å². The van der Waals surface area contributed by atoms with Crippen LogP contribution < -0.4 is 5.32 Å². The largest absolute Gasteiger partial charge is 0.347 e. The summed E-state index contributed by atoms with van der Waals surface area (Å²) in [5.74, 6) is 0.157. The van der Waals surface area contributed by atoms with Gasteiger partial charge in [0.1, 0.15) is 0 Å². The van der Waals surface area contributed by atoms with Crippen molar-refractivity contribution in [2.75, 3.05) is 0 Å². The van der Waals surface area contributed by atoms with E-state index in [1.165, 1.54) is 51.4 Å². The van der Waals surface area contributed by atoms with Gasteiger partial charge < -0.3 is 5.32 Å². The van der Waals surface area contributed by atoms with Crippen molar-refractivity contribution < 1.29 is 4.79 Å². The third-order valence-electron chi connectivity index (χ3n) is 5.30. The molecule has 0 saturated carbocycles. The molecule has 0 spiro atoms. The van der Waals surface area contributed by atoms with E-state index in [0.717, 1.165) is 24.8 Å². The summed E-state index contributed by atoms with van der Waals surface area (Å²) >= 11 is 0. The van der Waals surface area contributed by atoms with Crippen molar-refractivity contribution in [1.82, 2.24) is 5.32 Å². The van der Waals surface area contributed by atoms with Gasteiger partial charge in [0.2, 0.25) is 5.91 Å². The number of carbonyl (C=O) groups is 1. The normalized spacial score (nSPS) is 12.1. The Morgan fingerprint density at radius 1 is 0.828 bits per heavy atom. The standard InChI is InChI=1S/C27H43NO/c1-4-5-6-7-8-9-10-11-12-13-14-15-16-17-21-24-26(29)28-27(2,3)25-22-19-18-20-23-25/h8-9,11-12,18-20,22-23H,4-7,10,13-17,21,24H2,1-3H3,(H,28,29)/b9-8-,12-11-. The van der Waals surface area contributed by atoms with Gasteiger partial charge in [-0.1, -0.05) is 93.7 Å². The molecule has 0 atom stereocenters. The third-order valence-corrected chi connectivity index (χ3v) is 5.30. The maximum Gasteiger partial charge on any atom is 0.220 e. The van der Waals surface area contributed by atoms with E-state index in [2.05, 4.69) is 62.5 Å². The highest BCUT2D eigenvalue weighted by Gasteiger charge is 2.21. The Morgan fingerprint density at radius 2 is 1.41 bits per heavy atom. The van der Waals surface area contributed by atoms with Crippen molar-refractivity contribution in [1.29, 1.82) is 0 Å². The highest BCUT2D eigenvalue weighted by atomic mass is 16.1. The molecule has 1 aromatic carbocycles. The van der Waals surface area contributed by atoms with Crippen molar-refractivity contribution in [3.63, 3.8) is 0 Å². The molecule has 1 N–H and O–H groups in total. The van der Waals surface area contributed by atoms with Gasteiger partial charge in [0.15, 0.2) is 0 Å². The number of allylic oxidation sites excluding steroid dienone is 4. The van der Waals surface area contributed by atoms with Crippen LogP contribution in [0.1, 0.15) is 103 Å². The second-order valence-corrected chi connectivity index (χ2v) is 8.52. The minimum atomic E-state index is -0.310. The molecule has 29 heavy (non-hydrogen) atoms. The lowest BCUT2D eigenvalue weighted by atomic mass is 9.94. The van der Waals surface area contributed by atoms with Gasteiger partial charge in [-0.05, 0) is 57.9 Å². The van der Waals surface area contributed by atoms with Crippen LogP contribution in [-0.2, 0) is 10.3 Å². The Kier molecular flexibility index (Phi) is 13.9. The highest BCUT2D eigenvalue weighted by molar-refractivity contribution is 5.76. The number of carbonyl (C=O) groups excluding carboxylic acids is 1. The number of benzene rings is 1. The lowest BCUT2D eigenvalue weighted by Crippen LogP contribution is -2.40. The molecule has 0 aliphatic carbocycles. The maximum atomic E-state index is 12.2. The van der Waals surface area contributed by atoms with Crippen molar-refractivity contribution in [2.45, 2.75) is 103 Å². The average Bonchev–Trinajstić information content (AvgIpc) is 2.71. The summed E-state index contributed by atoms with van der Waals surface area (Å²) in [6.45, 7) is 6.38. The summed E-state index contributed by atoms with van der Waals surface area (Å²) in [4.78, 5) is 12.2. The molecule has 0 bridgehead atoms. The summed E-state index contributed by atoms with van der Waals surface area (Å²) < 4.78 is 0. The fourth-order valence-electron chi connectivity index (χ4n) is 3.44. The lowest BCUT2D eigenvalue weighted by molar-refractivity contribution is -0.122. The zero-order valence-electron chi connectivity index (χ0n) is 19.1. The quantitative estimate of drug-likeness (QED) is 0.223. The van der Waals surface area contributed by atoms with Gasteiger partial charge in [0.25, 0.3) is 0 Å².